The number of benzene rings is 1. The smallest absolute Gasteiger partial charge is 0.159 e. The van der Waals surface area contributed by atoms with E-state index in [-0.39, 0.29) is 0 Å². The first-order chi connectivity index (χ1) is 7.46. The average molecular weight is 227 g/mol. The van der Waals surface area contributed by atoms with Crippen LogP contribution in [0.3, 0.4) is 0 Å². The Morgan fingerprint density at radius 1 is 1.38 bits per heavy atom. The Labute approximate surface area is 93.5 Å². The standard InChI is InChI=1S/C12H15F2NO/c1-12(16)4-5-15(8-12)7-9-2-3-10(13)11(14)6-9/h2-3,6,16H,4-5,7-8H2,1H3. The van der Waals surface area contributed by atoms with Crippen LogP contribution in [0.1, 0.15) is 18.9 Å². The molecule has 0 radical (unpaired) electrons. The number of halogens is 2. The van der Waals surface area contributed by atoms with Crippen molar-refractivity contribution in [2.75, 3.05) is 13.1 Å². The predicted octanol–water partition coefficient (Wildman–Crippen LogP) is 1.92. The van der Waals surface area contributed by atoms with Gasteiger partial charge in [0.05, 0.1) is 5.60 Å². The molecule has 1 aromatic rings. The Hall–Kier alpha value is -1.00. The fourth-order valence-electron chi connectivity index (χ4n) is 2.07. The molecule has 0 bridgehead atoms. The van der Waals surface area contributed by atoms with Gasteiger partial charge in [0.2, 0.25) is 0 Å². The lowest BCUT2D eigenvalue weighted by atomic mass is 10.1. The van der Waals surface area contributed by atoms with Crippen molar-refractivity contribution in [2.45, 2.75) is 25.5 Å². The van der Waals surface area contributed by atoms with Gasteiger partial charge in [0, 0.05) is 19.6 Å². The molecule has 1 saturated heterocycles. The van der Waals surface area contributed by atoms with Crippen LogP contribution >= 0.6 is 0 Å². The van der Waals surface area contributed by atoms with Gasteiger partial charge in [-0.25, -0.2) is 8.78 Å². The highest BCUT2D eigenvalue weighted by atomic mass is 19.2. The third-order valence-electron chi connectivity index (χ3n) is 2.92. The lowest BCUT2D eigenvalue weighted by molar-refractivity contribution is 0.0679. The van der Waals surface area contributed by atoms with E-state index in [2.05, 4.69) is 0 Å². The van der Waals surface area contributed by atoms with Crippen molar-refractivity contribution in [3.05, 3.63) is 35.4 Å². The summed E-state index contributed by atoms with van der Waals surface area (Å²) in [6.45, 7) is 3.70. The van der Waals surface area contributed by atoms with Crippen LogP contribution < -0.4 is 0 Å². The molecule has 1 atom stereocenters. The van der Waals surface area contributed by atoms with Gasteiger partial charge in [-0.05, 0) is 31.0 Å². The zero-order chi connectivity index (χ0) is 11.8. The molecule has 1 heterocycles. The van der Waals surface area contributed by atoms with Crippen LogP contribution in [0.2, 0.25) is 0 Å². The third kappa shape index (κ3) is 2.57. The van der Waals surface area contributed by atoms with Crippen molar-refractivity contribution in [3.63, 3.8) is 0 Å². The Morgan fingerprint density at radius 2 is 2.12 bits per heavy atom. The molecule has 2 nitrogen and oxygen atoms in total. The van der Waals surface area contributed by atoms with E-state index in [9.17, 15) is 13.9 Å². The first kappa shape index (κ1) is 11.5. The Balaban J connectivity index is 2.02. The van der Waals surface area contributed by atoms with E-state index in [1.54, 1.807) is 13.0 Å². The quantitative estimate of drug-likeness (QED) is 0.834. The molecule has 1 N–H and O–H groups in total. The zero-order valence-electron chi connectivity index (χ0n) is 9.21. The molecule has 1 aromatic carbocycles. The van der Waals surface area contributed by atoms with Gasteiger partial charge in [0.1, 0.15) is 0 Å². The van der Waals surface area contributed by atoms with Crippen molar-refractivity contribution in [2.24, 2.45) is 0 Å². The average Bonchev–Trinajstić information content (AvgIpc) is 2.52. The maximum absolute atomic E-state index is 13.0. The molecule has 0 spiro atoms. The molecule has 16 heavy (non-hydrogen) atoms. The van der Waals surface area contributed by atoms with Gasteiger partial charge in [-0.3, -0.25) is 4.90 Å². The highest BCUT2D eigenvalue weighted by Crippen LogP contribution is 2.22. The van der Waals surface area contributed by atoms with Crippen molar-refractivity contribution >= 4 is 0 Å². The second kappa shape index (κ2) is 4.11. The Kier molecular flexibility index (Phi) is 2.95. The maximum Gasteiger partial charge on any atom is 0.159 e. The summed E-state index contributed by atoms with van der Waals surface area (Å²) in [6.07, 6.45) is 0.719. The number of hydrogen-bond donors (Lipinski definition) is 1. The SMILES string of the molecule is CC1(O)CCN(Cc2ccc(F)c(F)c2)C1. The van der Waals surface area contributed by atoms with Crippen LogP contribution in [0.5, 0.6) is 0 Å². The molecule has 1 aliphatic rings. The van der Waals surface area contributed by atoms with Crippen LogP contribution in [0.25, 0.3) is 0 Å². The van der Waals surface area contributed by atoms with Crippen molar-refractivity contribution in [3.8, 4) is 0 Å². The van der Waals surface area contributed by atoms with Crippen LogP contribution in [0.4, 0.5) is 8.78 Å². The van der Waals surface area contributed by atoms with Gasteiger partial charge in [0.15, 0.2) is 11.6 Å². The first-order valence-corrected chi connectivity index (χ1v) is 5.35. The van der Waals surface area contributed by atoms with E-state index >= 15 is 0 Å². The van der Waals surface area contributed by atoms with Gasteiger partial charge in [0.25, 0.3) is 0 Å². The normalized spacial score (nSPS) is 26.2. The molecular weight excluding hydrogens is 212 g/mol. The summed E-state index contributed by atoms with van der Waals surface area (Å²) in [4.78, 5) is 2.03. The van der Waals surface area contributed by atoms with Gasteiger partial charge in [-0.1, -0.05) is 6.07 Å². The molecule has 88 valence electrons. The molecular formula is C12H15F2NO. The number of β-amino-alcohol motifs (C(OH)–C–C–N with tert-alkyl or cyclic N) is 1. The fraction of sp³-hybridized carbons (Fsp3) is 0.500. The topological polar surface area (TPSA) is 23.5 Å². The van der Waals surface area contributed by atoms with E-state index in [1.807, 2.05) is 4.90 Å². The summed E-state index contributed by atoms with van der Waals surface area (Å²) in [5.41, 5.74) is 0.0788. The fourth-order valence-corrected chi connectivity index (χ4v) is 2.07. The van der Waals surface area contributed by atoms with Crippen molar-refractivity contribution in [1.29, 1.82) is 0 Å². The molecule has 1 unspecified atom stereocenters. The van der Waals surface area contributed by atoms with Gasteiger partial charge >= 0.3 is 0 Å². The van der Waals surface area contributed by atoms with Gasteiger partial charge in [-0.15, -0.1) is 0 Å². The van der Waals surface area contributed by atoms with E-state index < -0.39 is 17.2 Å². The molecule has 1 fully saturated rings. The molecule has 2 rings (SSSR count). The van der Waals surface area contributed by atoms with E-state index in [0.717, 1.165) is 24.6 Å². The number of rotatable bonds is 2. The summed E-state index contributed by atoms with van der Waals surface area (Å²) in [5, 5.41) is 9.77. The molecule has 0 saturated carbocycles. The summed E-state index contributed by atoms with van der Waals surface area (Å²) in [7, 11) is 0. The summed E-state index contributed by atoms with van der Waals surface area (Å²) < 4.78 is 25.7. The largest absolute Gasteiger partial charge is 0.389 e. The summed E-state index contributed by atoms with van der Waals surface area (Å²) in [5.74, 6) is -1.64. The summed E-state index contributed by atoms with van der Waals surface area (Å²) >= 11 is 0. The van der Waals surface area contributed by atoms with E-state index in [0.29, 0.717) is 13.1 Å². The van der Waals surface area contributed by atoms with Crippen LogP contribution in [0, 0.1) is 11.6 Å². The zero-order valence-corrected chi connectivity index (χ0v) is 9.21. The number of nitrogens with zero attached hydrogens (tertiary/aromatic N) is 1. The van der Waals surface area contributed by atoms with Crippen molar-refractivity contribution in [1.82, 2.24) is 4.90 Å². The summed E-state index contributed by atoms with van der Waals surface area (Å²) in [6, 6.07) is 3.92. The Morgan fingerprint density at radius 3 is 2.69 bits per heavy atom. The Bertz CT molecular complexity index is 393. The lowest BCUT2D eigenvalue weighted by Gasteiger charge is -2.18. The first-order valence-electron chi connectivity index (χ1n) is 5.35. The minimum Gasteiger partial charge on any atom is -0.389 e. The molecule has 0 aliphatic carbocycles. The molecule has 1 aliphatic heterocycles. The highest BCUT2D eigenvalue weighted by Gasteiger charge is 2.30. The van der Waals surface area contributed by atoms with E-state index in [1.165, 1.54) is 6.07 Å². The highest BCUT2D eigenvalue weighted by molar-refractivity contribution is 5.18. The van der Waals surface area contributed by atoms with Crippen molar-refractivity contribution < 1.29 is 13.9 Å². The molecule has 0 amide bonds. The molecule has 0 aromatic heterocycles. The minimum atomic E-state index is -0.822. The predicted molar refractivity (Wildman–Crippen MR) is 56.9 cm³/mol. The number of aliphatic hydroxyl groups is 1. The van der Waals surface area contributed by atoms with E-state index in [4.69, 9.17) is 0 Å². The maximum atomic E-state index is 13.0. The third-order valence-corrected chi connectivity index (χ3v) is 2.92. The lowest BCUT2D eigenvalue weighted by Crippen LogP contribution is -2.29. The van der Waals surface area contributed by atoms with Crippen LogP contribution in [-0.4, -0.2) is 28.7 Å². The van der Waals surface area contributed by atoms with Gasteiger partial charge in [-0.2, -0.15) is 0 Å². The van der Waals surface area contributed by atoms with Crippen LogP contribution in [0.15, 0.2) is 18.2 Å². The monoisotopic (exact) mass is 227 g/mol. The van der Waals surface area contributed by atoms with Gasteiger partial charge < -0.3 is 5.11 Å². The number of likely N-dealkylation sites (tertiary alicyclic amines) is 1. The number of hydrogen-bond acceptors (Lipinski definition) is 2. The molecule has 4 heteroatoms. The second-order valence-electron chi connectivity index (χ2n) is 4.71. The van der Waals surface area contributed by atoms with Crippen LogP contribution in [-0.2, 0) is 6.54 Å². The minimum absolute atomic E-state index is 0.549. The second-order valence-corrected chi connectivity index (χ2v) is 4.71.